The van der Waals surface area contributed by atoms with Gasteiger partial charge in [-0.2, -0.15) is 9.78 Å². The number of esters is 1. The van der Waals surface area contributed by atoms with Gasteiger partial charge >= 0.3 is 12.1 Å². The van der Waals surface area contributed by atoms with E-state index in [9.17, 15) is 9.59 Å². The lowest BCUT2D eigenvalue weighted by Gasteiger charge is -2.31. The zero-order valence-electron chi connectivity index (χ0n) is 27.6. The predicted molar refractivity (Wildman–Crippen MR) is 177 cm³/mol. The van der Waals surface area contributed by atoms with Crippen LogP contribution in [0.2, 0.25) is 0 Å². The maximum absolute atomic E-state index is 15.0. The highest BCUT2D eigenvalue weighted by Gasteiger charge is 2.48. The summed E-state index contributed by atoms with van der Waals surface area (Å²) < 4.78 is 14.4. The SMILES string of the molecule is CC(C)(C)OC(=O)CN1C(=O)C(C)(Cc2nn(C(=O)OC(C)(C)C)c3ccccc23)c2nnc(-c3ccccc3)n2-c2ccccc21. The number of ether oxygens (including phenoxy) is 2. The van der Waals surface area contributed by atoms with Crippen LogP contribution in [0.15, 0.2) is 78.9 Å². The first-order valence-electron chi connectivity index (χ1n) is 15.5. The summed E-state index contributed by atoms with van der Waals surface area (Å²) in [5, 5.41) is 14.7. The highest BCUT2D eigenvalue weighted by atomic mass is 16.6. The third-order valence-corrected chi connectivity index (χ3v) is 7.78. The molecule has 1 aliphatic heterocycles. The van der Waals surface area contributed by atoms with E-state index in [1.54, 1.807) is 60.6 Å². The van der Waals surface area contributed by atoms with E-state index >= 15 is 4.79 Å². The first-order chi connectivity index (χ1) is 22.2. The van der Waals surface area contributed by atoms with Crippen LogP contribution in [0.5, 0.6) is 0 Å². The van der Waals surface area contributed by atoms with Crippen molar-refractivity contribution < 1.29 is 23.9 Å². The molecule has 0 N–H and O–H groups in total. The number of carbonyl (C=O) groups is 3. The lowest BCUT2D eigenvalue weighted by atomic mass is 9.82. The highest BCUT2D eigenvalue weighted by molar-refractivity contribution is 6.06. The van der Waals surface area contributed by atoms with Crippen molar-refractivity contribution in [3.8, 4) is 17.1 Å². The summed E-state index contributed by atoms with van der Waals surface area (Å²) in [6.45, 7) is 12.2. The van der Waals surface area contributed by atoms with E-state index in [4.69, 9.17) is 14.6 Å². The Morgan fingerprint density at radius 3 is 2.09 bits per heavy atom. The molecule has 3 aromatic carbocycles. The van der Waals surface area contributed by atoms with Crippen molar-refractivity contribution in [3.63, 3.8) is 0 Å². The van der Waals surface area contributed by atoms with E-state index in [-0.39, 0.29) is 13.0 Å². The monoisotopic (exact) mass is 634 g/mol. The van der Waals surface area contributed by atoms with Gasteiger partial charge in [0.05, 0.1) is 22.6 Å². The van der Waals surface area contributed by atoms with Crippen molar-refractivity contribution in [1.82, 2.24) is 24.5 Å². The Balaban J connectivity index is 1.56. The van der Waals surface area contributed by atoms with E-state index in [1.807, 2.05) is 71.3 Å². The molecule has 1 unspecified atom stereocenters. The van der Waals surface area contributed by atoms with Gasteiger partial charge in [-0.1, -0.05) is 60.7 Å². The van der Waals surface area contributed by atoms with Crippen molar-refractivity contribution in [2.75, 3.05) is 11.4 Å². The van der Waals surface area contributed by atoms with Crippen molar-refractivity contribution in [3.05, 3.63) is 90.4 Å². The van der Waals surface area contributed by atoms with Crippen LogP contribution in [0.25, 0.3) is 28.0 Å². The summed E-state index contributed by atoms with van der Waals surface area (Å²) in [7, 11) is 0. The molecule has 0 radical (unpaired) electrons. The lowest BCUT2D eigenvalue weighted by molar-refractivity contribution is -0.153. The summed E-state index contributed by atoms with van der Waals surface area (Å²) in [6.07, 6.45) is -0.598. The Bertz CT molecular complexity index is 2000. The molecule has 0 saturated heterocycles. The molecule has 1 aliphatic rings. The van der Waals surface area contributed by atoms with Crippen LogP contribution in [0.1, 0.15) is 60.0 Å². The molecular formula is C36H38N6O5. The van der Waals surface area contributed by atoms with Gasteiger partial charge in [0.1, 0.15) is 23.2 Å². The second-order valence-corrected chi connectivity index (χ2v) is 13.9. The standard InChI is InChI=1S/C36H38N6O5/c1-34(2,3)46-29(43)22-40-27-19-13-14-20-28(27)41-30(23-15-9-8-10-16-23)37-38-31(41)36(7,32(40)44)21-25-24-17-11-12-18-26(24)42(39-25)33(45)47-35(4,5)6/h8-20H,21-22H2,1-7H3. The number of carbonyl (C=O) groups excluding carboxylic acids is 3. The number of nitrogens with zero attached hydrogens (tertiary/aromatic N) is 6. The zero-order chi connectivity index (χ0) is 33.7. The fourth-order valence-electron chi connectivity index (χ4n) is 5.88. The van der Waals surface area contributed by atoms with Gasteiger partial charge in [-0.15, -0.1) is 10.2 Å². The van der Waals surface area contributed by atoms with E-state index < -0.39 is 34.6 Å². The topological polar surface area (TPSA) is 121 Å². The van der Waals surface area contributed by atoms with Gasteiger partial charge in [-0.05, 0) is 66.7 Å². The van der Waals surface area contributed by atoms with E-state index in [0.29, 0.717) is 39.6 Å². The molecule has 47 heavy (non-hydrogen) atoms. The fourth-order valence-corrected chi connectivity index (χ4v) is 5.88. The smallest absolute Gasteiger partial charge is 0.435 e. The molecule has 1 amide bonds. The van der Waals surface area contributed by atoms with Crippen molar-refractivity contribution in [2.45, 2.75) is 71.5 Å². The molecule has 11 heteroatoms. The Morgan fingerprint density at radius 2 is 1.40 bits per heavy atom. The molecule has 1 atom stereocenters. The second-order valence-electron chi connectivity index (χ2n) is 13.9. The van der Waals surface area contributed by atoms with Gasteiger partial charge in [-0.25, -0.2) is 4.79 Å². The number of aromatic nitrogens is 5. The Hall–Kier alpha value is -5.32. The number of anilines is 1. The summed E-state index contributed by atoms with van der Waals surface area (Å²) >= 11 is 0. The third-order valence-electron chi connectivity index (χ3n) is 7.78. The molecule has 5 aromatic rings. The largest absolute Gasteiger partial charge is 0.459 e. The molecule has 0 fully saturated rings. The van der Waals surface area contributed by atoms with Crippen molar-refractivity contribution >= 4 is 34.6 Å². The summed E-state index contributed by atoms with van der Waals surface area (Å²) in [6, 6.07) is 24.3. The number of fused-ring (bicyclic) bond motifs is 4. The lowest BCUT2D eigenvalue weighted by Crippen LogP contribution is -2.49. The van der Waals surface area contributed by atoms with E-state index in [2.05, 4.69) is 10.2 Å². The van der Waals surface area contributed by atoms with Gasteiger partial charge in [0.2, 0.25) is 5.91 Å². The molecule has 3 heterocycles. The summed E-state index contributed by atoms with van der Waals surface area (Å²) in [4.78, 5) is 43.1. The normalized spacial score (nSPS) is 16.4. The quantitative estimate of drug-likeness (QED) is 0.208. The predicted octanol–water partition coefficient (Wildman–Crippen LogP) is 6.26. The first kappa shape index (κ1) is 31.7. The van der Waals surface area contributed by atoms with Gasteiger partial charge in [0.25, 0.3) is 0 Å². The zero-order valence-corrected chi connectivity index (χ0v) is 27.6. The number of benzene rings is 3. The average Bonchev–Trinajstić information content (AvgIpc) is 3.59. The summed E-state index contributed by atoms with van der Waals surface area (Å²) in [5.74, 6) is -0.0344. The molecular weight excluding hydrogens is 596 g/mol. The third kappa shape index (κ3) is 6.00. The highest BCUT2D eigenvalue weighted by Crippen LogP contribution is 2.42. The number of amides is 1. The minimum absolute atomic E-state index is 0.0356. The van der Waals surface area contributed by atoms with Crippen LogP contribution in [0.4, 0.5) is 10.5 Å². The van der Waals surface area contributed by atoms with Gasteiger partial charge in [0.15, 0.2) is 11.6 Å². The number of hydrogen-bond donors (Lipinski definition) is 0. The maximum Gasteiger partial charge on any atom is 0.435 e. The van der Waals surface area contributed by atoms with Crippen LogP contribution in [-0.2, 0) is 30.9 Å². The maximum atomic E-state index is 15.0. The van der Waals surface area contributed by atoms with Crippen LogP contribution in [0, 0.1) is 0 Å². The number of rotatable bonds is 5. The molecule has 6 rings (SSSR count). The minimum Gasteiger partial charge on any atom is -0.459 e. The Kier molecular flexibility index (Phi) is 7.73. The fraction of sp³-hybridized carbons (Fsp3) is 0.333. The van der Waals surface area contributed by atoms with Crippen molar-refractivity contribution in [2.24, 2.45) is 0 Å². The molecule has 11 nitrogen and oxygen atoms in total. The molecule has 0 saturated carbocycles. The van der Waals surface area contributed by atoms with E-state index in [0.717, 1.165) is 5.56 Å². The van der Waals surface area contributed by atoms with E-state index in [1.165, 1.54) is 9.58 Å². The molecule has 242 valence electrons. The van der Waals surface area contributed by atoms with Crippen LogP contribution >= 0.6 is 0 Å². The summed E-state index contributed by atoms with van der Waals surface area (Å²) in [5.41, 5.74) is 0.0759. The molecule has 2 aromatic heterocycles. The first-order valence-corrected chi connectivity index (χ1v) is 15.5. The molecule has 0 aliphatic carbocycles. The number of hydrogen-bond acceptors (Lipinski definition) is 8. The van der Waals surface area contributed by atoms with Gasteiger partial charge < -0.3 is 9.47 Å². The second kappa shape index (κ2) is 11.5. The average molecular weight is 635 g/mol. The Morgan fingerprint density at radius 1 is 0.787 bits per heavy atom. The van der Waals surface area contributed by atoms with Crippen LogP contribution in [-0.4, -0.2) is 60.3 Å². The van der Waals surface area contributed by atoms with Crippen molar-refractivity contribution in [1.29, 1.82) is 0 Å². The number of para-hydroxylation sites is 3. The van der Waals surface area contributed by atoms with Crippen LogP contribution in [0.3, 0.4) is 0 Å². The van der Waals surface area contributed by atoms with Crippen LogP contribution < -0.4 is 4.90 Å². The van der Waals surface area contributed by atoms with Gasteiger partial charge in [0, 0.05) is 17.4 Å². The Labute approximate surface area is 273 Å². The minimum atomic E-state index is -1.41. The van der Waals surface area contributed by atoms with Gasteiger partial charge in [-0.3, -0.25) is 19.1 Å². The molecule has 0 bridgehead atoms. The molecule has 0 spiro atoms.